The maximum Gasteiger partial charge on any atom is 0.179 e. The number of rotatable bonds is 5. The van der Waals surface area contributed by atoms with E-state index in [9.17, 15) is 8.42 Å². The van der Waals surface area contributed by atoms with Gasteiger partial charge in [-0.3, -0.25) is 0 Å². The van der Waals surface area contributed by atoms with Crippen molar-refractivity contribution in [3.63, 3.8) is 0 Å². The van der Waals surface area contributed by atoms with E-state index in [2.05, 4.69) is 10.5 Å². The van der Waals surface area contributed by atoms with Gasteiger partial charge in [0.1, 0.15) is 0 Å². The smallest absolute Gasteiger partial charge is 0.179 e. The van der Waals surface area contributed by atoms with E-state index in [-0.39, 0.29) is 16.5 Å². The SMILES string of the molecule is CNCCS(=O)(=O)c1cccc(/C(N)=N/O)c1. The number of sulfone groups is 1. The van der Waals surface area contributed by atoms with E-state index >= 15 is 0 Å². The number of hydrogen-bond acceptors (Lipinski definition) is 5. The average molecular weight is 257 g/mol. The molecule has 1 aromatic carbocycles. The number of nitrogens with zero attached hydrogens (tertiary/aromatic N) is 1. The van der Waals surface area contributed by atoms with Gasteiger partial charge in [0.2, 0.25) is 0 Å². The molecule has 0 aliphatic carbocycles. The van der Waals surface area contributed by atoms with Gasteiger partial charge in [-0.25, -0.2) is 8.42 Å². The van der Waals surface area contributed by atoms with Crippen LogP contribution in [0.25, 0.3) is 0 Å². The number of nitrogens with one attached hydrogen (secondary N) is 1. The van der Waals surface area contributed by atoms with Crippen molar-refractivity contribution in [1.82, 2.24) is 5.32 Å². The van der Waals surface area contributed by atoms with Gasteiger partial charge in [0.25, 0.3) is 0 Å². The zero-order valence-corrected chi connectivity index (χ0v) is 10.2. The highest BCUT2D eigenvalue weighted by atomic mass is 32.2. The molecule has 0 saturated carbocycles. The molecule has 4 N–H and O–H groups in total. The number of amidine groups is 1. The summed E-state index contributed by atoms with van der Waals surface area (Å²) in [5, 5.41) is 14.1. The lowest BCUT2D eigenvalue weighted by Crippen LogP contribution is -2.20. The third-order valence-electron chi connectivity index (χ3n) is 2.22. The molecule has 0 aromatic heterocycles. The molecule has 17 heavy (non-hydrogen) atoms. The molecule has 1 aromatic rings. The minimum Gasteiger partial charge on any atom is -0.409 e. The van der Waals surface area contributed by atoms with Crippen molar-refractivity contribution in [2.45, 2.75) is 4.90 Å². The van der Waals surface area contributed by atoms with Gasteiger partial charge in [0.15, 0.2) is 15.7 Å². The molecule has 0 fully saturated rings. The van der Waals surface area contributed by atoms with Crippen molar-refractivity contribution in [3.05, 3.63) is 29.8 Å². The molecule has 1 rings (SSSR count). The Morgan fingerprint density at radius 3 is 2.82 bits per heavy atom. The summed E-state index contributed by atoms with van der Waals surface area (Å²) in [4.78, 5) is 0.164. The van der Waals surface area contributed by atoms with Crippen molar-refractivity contribution in [1.29, 1.82) is 0 Å². The lowest BCUT2D eigenvalue weighted by atomic mass is 10.2. The number of nitrogens with two attached hydrogens (primary N) is 1. The Bertz CT molecular complexity index is 511. The number of benzene rings is 1. The molecule has 0 spiro atoms. The van der Waals surface area contributed by atoms with E-state index in [1.165, 1.54) is 12.1 Å². The summed E-state index contributed by atoms with van der Waals surface area (Å²) in [5.74, 6) is -0.112. The largest absolute Gasteiger partial charge is 0.409 e. The Kier molecular flexibility index (Phi) is 4.47. The van der Waals surface area contributed by atoms with E-state index < -0.39 is 9.84 Å². The molecule has 0 saturated heterocycles. The van der Waals surface area contributed by atoms with Crippen LogP contribution in [0, 0.1) is 0 Å². The second-order valence-electron chi connectivity index (χ2n) is 3.44. The van der Waals surface area contributed by atoms with Gasteiger partial charge in [0, 0.05) is 12.1 Å². The minimum atomic E-state index is -3.34. The summed E-state index contributed by atoms with van der Waals surface area (Å²) < 4.78 is 23.7. The van der Waals surface area contributed by atoms with Crippen LogP contribution >= 0.6 is 0 Å². The Morgan fingerprint density at radius 2 is 2.24 bits per heavy atom. The van der Waals surface area contributed by atoms with E-state index in [4.69, 9.17) is 10.9 Å². The van der Waals surface area contributed by atoms with Crippen LogP contribution < -0.4 is 11.1 Å². The molecule has 0 atom stereocenters. The van der Waals surface area contributed by atoms with Crippen molar-refractivity contribution < 1.29 is 13.6 Å². The van der Waals surface area contributed by atoms with Crippen molar-refractivity contribution in [3.8, 4) is 0 Å². The molecule has 0 heterocycles. The van der Waals surface area contributed by atoms with Gasteiger partial charge in [-0.05, 0) is 19.2 Å². The van der Waals surface area contributed by atoms with Crippen LogP contribution in [0.1, 0.15) is 5.56 Å². The van der Waals surface area contributed by atoms with Crippen LogP contribution in [-0.2, 0) is 9.84 Å². The fourth-order valence-corrected chi connectivity index (χ4v) is 2.56. The van der Waals surface area contributed by atoms with Crippen LogP contribution in [0.4, 0.5) is 0 Å². The molecule has 0 aliphatic heterocycles. The van der Waals surface area contributed by atoms with Crippen molar-refractivity contribution in [2.75, 3.05) is 19.3 Å². The monoisotopic (exact) mass is 257 g/mol. The summed E-state index contributed by atoms with van der Waals surface area (Å²) in [6.07, 6.45) is 0. The normalized spacial score (nSPS) is 12.6. The lowest BCUT2D eigenvalue weighted by molar-refractivity contribution is 0.318. The third kappa shape index (κ3) is 3.43. The zero-order valence-electron chi connectivity index (χ0n) is 9.42. The second kappa shape index (κ2) is 5.65. The van der Waals surface area contributed by atoms with Crippen LogP contribution in [0.2, 0.25) is 0 Å². The number of hydrogen-bond donors (Lipinski definition) is 3. The van der Waals surface area contributed by atoms with Crippen LogP contribution in [-0.4, -0.2) is 38.8 Å². The van der Waals surface area contributed by atoms with Gasteiger partial charge in [0.05, 0.1) is 10.6 Å². The fourth-order valence-electron chi connectivity index (χ4n) is 1.26. The molecule has 94 valence electrons. The molecule has 6 nitrogen and oxygen atoms in total. The Balaban J connectivity index is 3.07. The molecule has 7 heteroatoms. The first-order valence-corrected chi connectivity index (χ1v) is 6.62. The molecule has 0 unspecified atom stereocenters. The van der Waals surface area contributed by atoms with Gasteiger partial charge in [-0.1, -0.05) is 17.3 Å². The lowest BCUT2D eigenvalue weighted by Gasteiger charge is -2.05. The molecule has 0 bridgehead atoms. The van der Waals surface area contributed by atoms with Crippen LogP contribution in [0.3, 0.4) is 0 Å². The van der Waals surface area contributed by atoms with Gasteiger partial charge >= 0.3 is 0 Å². The molecular weight excluding hydrogens is 242 g/mol. The molecule has 0 aliphatic rings. The second-order valence-corrected chi connectivity index (χ2v) is 5.54. The van der Waals surface area contributed by atoms with Crippen LogP contribution in [0.15, 0.2) is 34.3 Å². The summed E-state index contributed by atoms with van der Waals surface area (Å²) in [5.41, 5.74) is 5.77. The maximum atomic E-state index is 11.9. The fraction of sp³-hybridized carbons (Fsp3) is 0.300. The molecule has 0 radical (unpaired) electrons. The summed E-state index contributed by atoms with van der Waals surface area (Å²) >= 11 is 0. The first-order chi connectivity index (χ1) is 8.01. The Morgan fingerprint density at radius 1 is 1.53 bits per heavy atom. The van der Waals surface area contributed by atoms with Crippen molar-refractivity contribution >= 4 is 15.7 Å². The zero-order chi connectivity index (χ0) is 12.9. The van der Waals surface area contributed by atoms with Gasteiger partial charge in [-0.2, -0.15) is 0 Å². The first-order valence-electron chi connectivity index (χ1n) is 4.96. The van der Waals surface area contributed by atoms with E-state index in [1.807, 2.05) is 0 Å². The predicted octanol–water partition coefficient (Wildman–Crippen LogP) is -0.226. The minimum absolute atomic E-state index is 0.00310. The van der Waals surface area contributed by atoms with Crippen LogP contribution in [0.5, 0.6) is 0 Å². The first kappa shape index (κ1) is 13.5. The van der Waals surface area contributed by atoms with E-state index in [0.29, 0.717) is 12.1 Å². The predicted molar refractivity (Wildman–Crippen MR) is 64.9 cm³/mol. The highest BCUT2D eigenvalue weighted by molar-refractivity contribution is 7.91. The highest BCUT2D eigenvalue weighted by Crippen LogP contribution is 2.13. The summed E-state index contributed by atoms with van der Waals surface area (Å²) in [6.45, 7) is 0.371. The summed E-state index contributed by atoms with van der Waals surface area (Å²) in [6, 6.07) is 6.00. The number of oxime groups is 1. The van der Waals surface area contributed by atoms with E-state index in [0.717, 1.165) is 0 Å². The third-order valence-corrected chi connectivity index (χ3v) is 3.93. The molecular formula is C10H15N3O3S. The quantitative estimate of drug-likeness (QED) is 0.292. The summed E-state index contributed by atoms with van der Waals surface area (Å²) in [7, 11) is -1.66. The standard InChI is InChI=1S/C10H15N3O3S/c1-12-5-6-17(15,16)9-4-2-3-8(7-9)10(11)13-14/h2-4,7,12,14H,5-6H2,1H3,(H2,11,13). The molecule has 0 amide bonds. The highest BCUT2D eigenvalue weighted by Gasteiger charge is 2.14. The van der Waals surface area contributed by atoms with Crippen molar-refractivity contribution in [2.24, 2.45) is 10.9 Å². The Labute approximate surface area is 100 Å². The van der Waals surface area contributed by atoms with Gasteiger partial charge in [-0.15, -0.1) is 0 Å². The topological polar surface area (TPSA) is 105 Å². The van der Waals surface area contributed by atoms with Gasteiger partial charge < -0.3 is 16.3 Å². The maximum absolute atomic E-state index is 11.9. The average Bonchev–Trinajstić information content (AvgIpc) is 2.35. The Hall–Kier alpha value is -1.60. The van der Waals surface area contributed by atoms with E-state index in [1.54, 1.807) is 19.2 Å².